The van der Waals surface area contributed by atoms with E-state index in [1.165, 1.54) is 44.9 Å². The molecule has 0 amide bonds. The van der Waals surface area contributed by atoms with Crippen LogP contribution in [0.2, 0.25) is 0 Å². The fraction of sp³-hybridized carbons (Fsp3) is 0.929. The van der Waals surface area contributed by atoms with Crippen LogP contribution < -0.4 is 5.73 Å². The first kappa shape index (κ1) is 13.7. The minimum atomic E-state index is -0.235. The van der Waals surface area contributed by atoms with E-state index in [1.54, 1.807) is 6.92 Å². The maximum absolute atomic E-state index is 11.1. The zero-order chi connectivity index (χ0) is 12.0. The molecule has 0 radical (unpaired) electrons. The van der Waals surface area contributed by atoms with Gasteiger partial charge in [0, 0.05) is 0 Å². The number of hydrogen-bond acceptors (Lipinski definition) is 2. The zero-order valence-electron chi connectivity index (χ0n) is 10.9. The van der Waals surface area contributed by atoms with E-state index >= 15 is 0 Å². The van der Waals surface area contributed by atoms with E-state index in [0.717, 1.165) is 12.3 Å². The van der Waals surface area contributed by atoms with Crippen LogP contribution >= 0.6 is 0 Å². The largest absolute Gasteiger partial charge is 0.322 e. The predicted octanol–water partition coefficient (Wildman–Crippen LogP) is 3.29. The second-order valence-corrected chi connectivity index (χ2v) is 5.64. The monoisotopic (exact) mass is 225 g/mol. The Morgan fingerprint density at radius 3 is 2.50 bits per heavy atom. The van der Waals surface area contributed by atoms with E-state index in [4.69, 9.17) is 5.73 Å². The van der Waals surface area contributed by atoms with Crippen LogP contribution in [0.5, 0.6) is 0 Å². The molecule has 0 saturated heterocycles. The van der Waals surface area contributed by atoms with Crippen LogP contribution in [0.25, 0.3) is 0 Å². The fourth-order valence-corrected chi connectivity index (χ4v) is 2.71. The second kappa shape index (κ2) is 7.05. The quantitative estimate of drug-likeness (QED) is 0.753. The van der Waals surface area contributed by atoms with E-state index in [1.807, 2.05) is 0 Å². The van der Waals surface area contributed by atoms with Gasteiger partial charge in [0.25, 0.3) is 0 Å². The maximum atomic E-state index is 11.1. The van der Waals surface area contributed by atoms with Crippen molar-refractivity contribution in [2.24, 2.45) is 17.6 Å². The predicted molar refractivity (Wildman–Crippen MR) is 68.2 cm³/mol. The average molecular weight is 225 g/mol. The lowest BCUT2D eigenvalue weighted by molar-refractivity contribution is -0.118. The molecule has 0 aliphatic heterocycles. The minimum absolute atomic E-state index is 0.129. The molecule has 0 unspecified atom stereocenters. The molecule has 1 aliphatic carbocycles. The second-order valence-electron chi connectivity index (χ2n) is 5.64. The summed E-state index contributed by atoms with van der Waals surface area (Å²) in [5, 5.41) is 0. The van der Waals surface area contributed by atoms with Gasteiger partial charge in [0.15, 0.2) is 0 Å². The Labute approximate surface area is 100.0 Å². The third-order valence-electron chi connectivity index (χ3n) is 3.97. The van der Waals surface area contributed by atoms with E-state index in [-0.39, 0.29) is 11.8 Å². The summed E-state index contributed by atoms with van der Waals surface area (Å²) < 4.78 is 0. The molecule has 0 spiro atoms. The molecule has 2 nitrogen and oxygen atoms in total. The van der Waals surface area contributed by atoms with Crippen molar-refractivity contribution in [1.29, 1.82) is 0 Å². The van der Waals surface area contributed by atoms with E-state index < -0.39 is 0 Å². The highest BCUT2D eigenvalue weighted by molar-refractivity contribution is 5.81. The van der Waals surface area contributed by atoms with Crippen LogP contribution in [0, 0.1) is 11.8 Å². The Kier molecular flexibility index (Phi) is 6.04. The van der Waals surface area contributed by atoms with Crippen LogP contribution in [0.15, 0.2) is 0 Å². The Morgan fingerprint density at radius 2 is 1.94 bits per heavy atom. The van der Waals surface area contributed by atoms with Crippen molar-refractivity contribution in [1.82, 2.24) is 0 Å². The summed E-state index contributed by atoms with van der Waals surface area (Å²) in [5.41, 5.74) is 5.78. The molecule has 2 atom stereocenters. The number of rotatable bonds is 6. The molecule has 1 fully saturated rings. The Bertz CT molecular complexity index is 209. The topological polar surface area (TPSA) is 43.1 Å². The van der Waals surface area contributed by atoms with Gasteiger partial charge >= 0.3 is 0 Å². The lowest BCUT2D eigenvalue weighted by atomic mass is 9.83. The first-order valence-electron chi connectivity index (χ1n) is 6.85. The molecule has 0 bridgehead atoms. The van der Waals surface area contributed by atoms with Crippen molar-refractivity contribution in [3.05, 3.63) is 0 Å². The molecule has 1 saturated carbocycles. The van der Waals surface area contributed by atoms with Crippen LogP contribution in [-0.2, 0) is 4.79 Å². The number of hydrogen-bond donors (Lipinski definition) is 1. The number of ketones is 1. The van der Waals surface area contributed by atoms with Gasteiger partial charge in [0.1, 0.15) is 5.78 Å². The highest BCUT2D eigenvalue weighted by atomic mass is 16.1. The number of nitrogens with two attached hydrogens (primary N) is 1. The summed E-state index contributed by atoms with van der Waals surface area (Å²) in [6.45, 7) is 3.82. The van der Waals surface area contributed by atoms with Gasteiger partial charge in [-0.05, 0) is 25.2 Å². The van der Waals surface area contributed by atoms with Gasteiger partial charge < -0.3 is 5.73 Å². The van der Waals surface area contributed by atoms with Crippen molar-refractivity contribution in [3.63, 3.8) is 0 Å². The SMILES string of the molecule is CC(=O)[C@@H](N)C[C@@H](C)CCC1CCCCC1. The normalized spacial score (nSPS) is 21.7. The molecule has 0 aromatic carbocycles. The third kappa shape index (κ3) is 5.11. The van der Waals surface area contributed by atoms with Crippen LogP contribution in [0.3, 0.4) is 0 Å². The zero-order valence-corrected chi connectivity index (χ0v) is 10.9. The summed E-state index contributed by atoms with van der Waals surface area (Å²) in [6.07, 6.45) is 10.6. The van der Waals surface area contributed by atoms with Crippen molar-refractivity contribution in [2.45, 2.75) is 71.3 Å². The van der Waals surface area contributed by atoms with Crippen molar-refractivity contribution >= 4 is 5.78 Å². The van der Waals surface area contributed by atoms with Crippen molar-refractivity contribution in [3.8, 4) is 0 Å². The smallest absolute Gasteiger partial charge is 0.146 e. The molecule has 0 aromatic heterocycles. The Hall–Kier alpha value is -0.370. The van der Waals surface area contributed by atoms with E-state index in [0.29, 0.717) is 5.92 Å². The Balaban J connectivity index is 2.13. The fourth-order valence-electron chi connectivity index (χ4n) is 2.71. The molecular weight excluding hydrogens is 198 g/mol. The van der Waals surface area contributed by atoms with Crippen LogP contribution in [0.1, 0.15) is 65.2 Å². The van der Waals surface area contributed by atoms with Crippen molar-refractivity contribution < 1.29 is 4.79 Å². The van der Waals surface area contributed by atoms with E-state index in [2.05, 4.69) is 6.92 Å². The van der Waals surface area contributed by atoms with Gasteiger partial charge in [-0.15, -0.1) is 0 Å². The van der Waals surface area contributed by atoms with E-state index in [9.17, 15) is 4.79 Å². The first-order chi connectivity index (χ1) is 7.59. The number of carbonyl (C=O) groups excluding carboxylic acids is 1. The maximum Gasteiger partial charge on any atom is 0.146 e. The minimum Gasteiger partial charge on any atom is -0.322 e. The van der Waals surface area contributed by atoms with Gasteiger partial charge in [-0.3, -0.25) is 4.79 Å². The molecule has 1 rings (SSSR count). The number of Topliss-reactive ketones (excluding diaryl/α,β-unsaturated/α-hetero) is 1. The summed E-state index contributed by atoms with van der Waals surface area (Å²) in [7, 11) is 0. The lowest BCUT2D eigenvalue weighted by Crippen LogP contribution is -2.30. The van der Waals surface area contributed by atoms with Crippen LogP contribution in [-0.4, -0.2) is 11.8 Å². The van der Waals surface area contributed by atoms with Crippen molar-refractivity contribution in [2.75, 3.05) is 0 Å². The third-order valence-corrected chi connectivity index (χ3v) is 3.97. The van der Waals surface area contributed by atoms with Gasteiger partial charge in [-0.2, -0.15) is 0 Å². The molecule has 94 valence electrons. The summed E-state index contributed by atoms with van der Waals surface area (Å²) in [5.74, 6) is 1.68. The van der Waals surface area contributed by atoms with Gasteiger partial charge in [-0.1, -0.05) is 51.9 Å². The molecule has 0 heterocycles. The van der Waals surface area contributed by atoms with Gasteiger partial charge in [-0.25, -0.2) is 0 Å². The summed E-state index contributed by atoms with van der Waals surface area (Å²) in [4.78, 5) is 11.1. The molecule has 2 heteroatoms. The van der Waals surface area contributed by atoms with Gasteiger partial charge in [0.2, 0.25) is 0 Å². The van der Waals surface area contributed by atoms with Gasteiger partial charge in [0.05, 0.1) is 6.04 Å². The Morgan fingerprint density at radius 1 is 1.31 bits per heavy atom. The average Bonchev–Trinajstić information content (AvgIpc) is 2.27. The number of carbonyl (C=O) groups is 1. The molecule has 0 aromatic rings. The highest BCUT2D eigenvalue weighted by Crippen LogP contribution is 2.29. The van der Waals surface area contributed by atoms with Crippen LogP contribution in [0.4, 0.5) is 0 Å². The first-order valence-corrected chi connectivity index (χ1v) is 6.85. The standard InChI is InChI=1S/C14H27NO/c1-11(10-14(15)12(2)16)8-9-13-6-4-3-5-7-13/h11,13-14H,3-10,15H2,1-2H3/t11-,14-/m0/s1. The summed E-state index contributed by atoms with van der Waals surface area (Å²) in [6, 6.07) is -0.235. The highest BCUT2D eigenvalue weighted by Gasteiger charge is 2.17. The molecule has 2 N–H and O–H groups in total. The lowest BCUT2D eigenvalue weighted by Gasteiger charge is -2.23. The molecule has 16 heavy (non-hydrogen) atoms. The molecule has 1 aliphatic rings. The summed E-state index contributed by atoms with van der Waals surface area (Å²) >= 11 is 0. The molecular formula is C14H27NO.